The molecule has 1 aromatic carbocycles. The second-order valence-corrected chi connectivity index (χ2v) is 6.80. The van der Waals surface area contributed by atoms with Gasteiger partial charge in [0.25, 0.3) is 0 Å². The lowest BCUT2D eigenvalue weighted by Crippen LogP contribution is -2.49. The molecule has 1 aromatic heterocycles. The van der Waals surface area contributed by atoms with Gasteiger partial charge in [0.1, 0.15) is 5.03 Å². The molecule has 0 saturated carbocycles. The van der Waals surface area contributed by atoms with Crippen molar-refractivity contribution in [3.05, 3.63) is 30.0 Å². The van der Waals surface area contributed by atoms with Crippen molar-refractivity contribution in [2.75, 3.05) is 45.1 Å². The Morgan fingerprint density at radius 3 is 2.50 bits per heavy atom. The third kappa shape index (κ3) is 4.03. The summed E-state index contributed by atoms with van der Waals surface area (Å²) in [5.74, 6) is 0.520. The molecular weight excluding hydrogens is 324 g/mol. The summed E-state index contributed by atoms with van der Waals surface area (Å²) in [6.45, 7) is 5.88. The fraction of sp³-hybridized carbons (Fsp3) is 0.471. The van der Waals surface area contributed by atoms with Gasteiger partial charge in [-0.05, 0) is 19.1 Å². The molecule has 1 aliphatic rings. The van der Waals surface area contributed by atoms with Crippen molar-refractivity contribution in [1.29, 1.82) is 0 Å². The maximum atomic E-state index is 12.4. The summed E-state index contributed by atoms with van der Waals surface area (Å²) in [6.07, 6.45) is 0. The van der Waals surface area contributed by atoms with E-state index in [2.05, 4.69) is 14.9 Å². The van der Waals surface area contributed by atoms with E-state index in [4.69, 9.17) is 5.11 Å². The fourth-order valence-electron chi connectivity index (χ4n) is 2.79. The number of thioether (sulfide) groups is 1. The number of piperazine rings is 1. The molecule has 0 aliphatic carbocycles. The number of amides is 1. The van der Waals surface area contributed by atoms with Gasteiger partial charge in [0.05, 0.1) is 29.1 Å². The lowest BCUT2D eigenvalue weighted by molar-refractivity contribution is -0.130. The van der Waals surface area contributed by atoms with Gasteiger partial charge in [-0.1, -0.05) is 23.9 Å². The Bertz CT molecular complexity index is 717. The smallest absolute Gasteiger partial charge is 0.233 e. The molecule has 2 aromatic rings. The van der Waals surface area contributed by atoms with Crippen LogP contribution in [0.4, 0.5) is 0 Å². The summed E-state index contributed by atoms with van der Waals surface area (Å²) in [7, 11) is 0. The van der Waals surface area contributed by atoms with Gasteiger partial charge in [-0.25, -0.2) is 9.97 Å². The number of β-amino-alcohol motifs (C(OH)–C–C–N with tert-alkyl or cyclic N) is 1. The third-order valence-electron chi connectivity index (χ3n) is 4.17. The first-order chi connectivity index (χ1) is 11.7. The van der Waals surface area contributed by atoms with Crippen molar-refractivity contribution < 1.29 is 9.90 Å². The van der Waals surface area contributed by atoms with Gasteiger partial charge in [0, 0.05) is 32.7 Å². The van der Waals surface area contributed by atoms with Gasteiger partial charge in [0.2, 0.25) is 5.91 Å². The highest BCUT2D eigenvalue weighted by atomic mass is 32.2. The first-order valence-corrected chi connectivity index (χ1v) is 9.13. The van der Waals surface area contributed by atoms with Crippen LogP contribution in [0.3, 0.4) is 0 Å². The quantitative estimate of drug-likeness (QED) is 0.820. The van der Waals surface area contributed by atoms with Crippen LogP contribution in [-0.2, 0) is 4.79 Å². The predicted molar refractivity (Wildman–Crippen MR) is 95.1 cm³/mol. The van der Waals surface area contributed by atoms with E-state index in [1.807, 2.05) is 36.1 Å². The molecule has 3 rings (SSSR count). The Kier molecular flexibility index (Phi) is 5.65. The molecule has 0 radical (unpaired) electrons. The van der Waals surface area contributed by atoms with E-state index in [1.54, 1.807) is 0 Å². The lowest BCUT2D eigenvalue weighted by atomic mass is 10.3. The highest BCUT2D eigenvalue weighted by Gasteiger charge is 2.21. The first-order valence-electron chi connectivity index (χ1n) is 8.14. The molecule has 24 heavy (non-hydrogen) atoms. The normalized spacial score (nSPS) is 15.8. The molecule has 1 aliphatic heterocycles. The Hall–Kier alpha value is -1.70. The predicted octanol–water partition coefficient (Wildman–Crippen LogP) is 1.17. The van der Waals surface area contributed by atoms with Gasteiger partial charge in [-0.2, -0.15) is 0 Å². The number of aliphatic hydroxyl groups is 1. The molecule has 0 atom stereocenters. The zero-order valence-electron chi connectivity index (χ0n) is 13.8. The minimum atomic E-state index is 0.137. The maximum Gasteiger partial charge on any atom is 0.233 e. The summed E-state index contributed by atoms with van der Waals surface area (Å²) in [4.78, 5) is 25.6. The van der Waals surface area contributed by atoms with E-state index in [-0.39, 0.29) is 12.5 Å². The molecule has 0 spiro atoms. The van der Waals surface area contributed by atoms with E-state index < -0.39 is 0 Å². The van der Waals surface area contributed by atoms with Crippen LogP contribution in [0.25, 0.3) is 11.0 Å². The number of aromatic nitrogens is 2. The molecule has 7 heteroatoms. The number of carbonyl (C=O) groups is 1. The van der Waals surface area contributed by atoms with Crippen molar-refractivity contribution in [2.24, 2.45) is 0 Å². The topological polar surface area (TPSA) is 69.6 Å². The molecule has 1 fully saturated rings. The molecule has 6 nitrogen and oxygen atoms in total. The number of hydrogen-bond acceptors (Lipinski definition) is 6. The highest BCUT2D eigenvalue weighted by molar-refractivity contribution is 7.99. The Morgan fingerprint density at radius 1 is 1.17 bits per heavy atom. The van der Waals surface area contributed by atoms with E-state index >= 15 is 0 Å². The highest BCUT2D eigenvalue weighted by Crippen LogP contribution is 2.22. The maximum absolute atomic E-state index is 12.4. The zero-order chi connectivity index (χ0) is 16.9. The number of carbonyl (C=O) groups excluding carboxylic acids is 1. The number of para-hydroxylation sites is 2. The second-order valence-electron chi connectivity index (χ2n) is 5.84. The zero-order valence-corrected chi connectivity index (χ0v) is 14.6. The molecule has 1 saturated heterocycles. The average Bonchev–Trinajstić information content (AvgIpc) is 2.60. The minimum Gasteiger partial charge on any atom is -0.395 e. The van der Waals surface area contributed by atoms with Gasteiger partial charge in [-0.3, -0.25) is 9.69 Å². The van der Waals surface area contributed by atoms with Gasteiger partial charge >= 0.3 is 0 Å². The standard InChI is InChI=1S/C17H22N4O2S/c1-13-17(19-15-5-3-2-4-14(15)18-13)24-12-16(23)21-8-6-20(7-9-21)10-11-22/h2-5,22H,6-12H2,1H3. The van der Waals surface area contributed by atoms with E-state index in [1.165, 1.54) is 11.8 Å². The van der Waals surface area contributed by atoms with Crippen LogP contribution in [-0.4, -0.2) is 75.9 Å². The Morgan fingerprint density at radius 2 is 1.83 bits per heavy atom. The van der Waals surface area contributed by atoms with Crippen molar-refractivity contribution in [1.82, 2.24) is 19.8 Å². The second kappa shape index (κ2) is 7.92. The van der Waals surface area contributed by atoms with Crippen molar-refractivity contribution in [3.8, 4) is 0 Å². The number of benzene rings is 1. The lowest BCUT2D eigenvalue weighted by Gasteiger charge is -2.34. The molecule has 1 amide bonds. The minimum absolute atomic E-state index is 0.137. The average molecular weight is 346 g/mol. The first kappa shape index (κ1) is 17.1. The van der Waals surface area contributed by atoms with Crippen molar-refractivity contribution in [2.45, 2.75) is 11.9 Å². The summed E-state index contributed by atoms with van der Waals surface area (Å²) in [5, 5.41) is 9.79. The summed E-state index contributed by atoms with van der Waals surface area (Å²) >= 11 is 1.46. The van der Waals surface area contributed by atoms with Crippen molar-refractivity contribution in [3.63, 3.8) is 0 Å². The van der Waals surface area contributed by atoms with Gasteiger partial charge < -0.3 is 10.0 Å². The van der Waals surface area contributed by atoms with Crippen LogP contribution in [0, 0.1) is 6.92 Å². The van der Waals surface area contributed by atoms with Crippen molar-refractivity contribution >= 4 is 28.7 Å². The van der Waals surface area contributed by atoms with Gasteiger partial charge in [0.15, 0.2) is 0 Å². The van der Waals surface area contributed by atoms with Gasteiger partial charge in [-0.15, -0.1) is 0 Å². The number of hydrogen-bond donors (Lipinski definition) is 1. The van der Waals surface area contributed by atoms with Crippen LogP contribution in [0.1, 0.15) is 5.69 Å². The van der Waals surface area contributed by atoms with E-state index in [0.29, 0.717) is 12.3 Å². The van der Waals surface area contributed by atoms with Crippen LogP contribution in [0.2, 0.25) is 0 Å². The molecular formula is C17H22N4O2S. The SMILES string of the molecule is Cc1nc2ccccc2nc1SCC(=O)N1CCN(CCO)CC1. The Labute approximate surface area is 145 Å². The molecule has 0 unspecified atom stereocenters. The third-order valence-corrected chi connectivity index (χ3v) is 5.23. The monoisotopic (exact) mass is 346 g/mol. The van der Waals surface area contributed by atoms with E-state index in [0.717, 1.165) is 47.9 Å². The van der Waals surface area contributed by atoms with Crippen LogP contribution in [0.5, 0.6) is 0 Å². The van der Waals surface area contributed by atoms with E-state index in [9.17, 15) is 4.79 Å². The molecule has 0 bridgehead atoms. The summed E-state index contributed by atoms with van der Waals surface area (Å²) < 4.78 is 0. The fourth-order valence-corrected chi connectivity index (χ4v) is 3.65. The largest absolute Gasteiger partial charge is 0.395 e. The number of aryl methyl sites for hydroxylation is 1. The number of rotatable bonds is 5. The molecule has 1 N–H and O–H groups in total. The molecule has 2 heterocycles. The number of nitrogens with zero attached hydrogens (tertiary/aromatic N) is 4. The van der Waals surface area contributed by atoms with Crippen LogP contribution >= 0.6 is 11.8 Å². The van der Waals surface area contributed by atoms with Crippen LogP contribution < -0.4 is 0 Å². The Balaban J connectivity index is 1.58. The number of fused-ring (bicyclic) bond motifs is 1. The summed E-state index contributed by atoms with van der Waals surface area (Å²) in [5.41, 5.74) is 2.60. The number of aliphatic hydroxyl groups excluding tert-OH is 1. The molecule has 128 valence electrons. The summed E-state index contributed by atoms with van der Waals surface area (Å²) in [6, 6.07) is 7.77. The van der Waals surface area contributed by atoms with Crippen LogP contribution in [0.15, 0.2) is 29.3 Å².